The van der Waals surface area contributed by atoms with Gasteiger partial charge in [-0.25, -0.2) is 4.79 Å². The van der Waals surface area contributed by atoms with Gasteiger partial charge in [0.2, 0.25) is 5.91 Å². The first kappa shape index (κ1) is 18.2. The fourth-order valence-electron chi connectivity index (χ4n) is 1.13. The normalized spacial score (nSPS) is 10.7. The van der Waals surface area contributed by atoms with Crippen LogP contribution in [0.3, 0.4) is 0 Å². The van der Waals surface area contributed by atoms with E-state index in [1.165, 1.54) is 23.1 Å². The van der Waals surface area contributed by atoms with Gasteiger partial charge in [-0.2, -0.15) is 0 Å². The zero-order chi connectivity index (χ0) is 15.7. The summed E-state index contributed by atoms with van der Waals surface area (Å²) in [5.74, 6) is 1.18. The highest BCUT2D eigenvalue weighted by atomic mass is 32.2. The summed E-state index contributed by atoms with van der Waals surface area (Å²) in [6.45, 7) is 6.63. The van der Waals surface area contributed by atoms with Crippen LogP contribution in [0.15, 0.2) is 8.68 Å². The first-order valence-corrected chi connectivity index (χ1v) is 9.46. The number of carbonyl (C=O) groups excluding carboxylic acids is 2. The fraction of sp³-hybridized carbons (Fsp3) is 0.667. The Morgan fingerprint density at radius 1 is 1.24 bits per heavy atom. The molecular formula is C12H20N4O2S3. The predicted molar refractivity (Wildman–Crippen MR) is 88.0 cm³/mol. The molecule has 1 rings (SSSR count). The van der Waals surface area contributed by atoms with Crippen molar-refractivity contribution in [2.24, 2.45) is 5.92 Å². The van der Waals surface area contributed by atoms with E-state index >= 15 is 0 Å². The van der Waals surface area contributed by atoms with Crippen molar-refractivity contribution in [1.29, 1.82) is 0 Å². The Bertz CT molecular complexity index is 465. The van der Waals surface area contributed by atoms with Gasteiger partial charge in [0, 0.05) is 12.3 Å². The van der Waals surface area contributed by atoms with Gasteiger partial charge in [0.1, 0.15) is 0 Å². The molecule has 0 aliphatic heterocycles. The third-order valence-electron chi connectivity index (χ3n) is 2.07. The lowest BCUT2D eigenvalue weighted by molar-refractivity contribution is -0.117. The van der Waals surface area contributed by atoms with Crippen LogP contribution in [0.2, 0.25) is 0 Å². The Kier molecular flexibility index (Phi) is 8.70. The van der Waals surface area contributed by atoms with E-state index in [1.807, 2.05) is 13.8 Å². The van der Waals surface area contributed by atoms with Gasteiger partial charge in [0.25, 0.3) is 0 Å². The summed E-state index contributed by atoms with van der Waals surface area (Å²) in [6.07, 6.45) is 1.08. The summed E-state index contributed by atoms with van der Waals surface area (Å²) in [5, 5.41) is 13.0. The molecule has 0 saturated carbocycles. The quantitative estimate of drug-likeness (QED) is 0.703. The highest BCUT2D eigenvalue weighted by Crippen LogP contribution is 2.28. The number of nitrogens with one attached hydrogen (secondary N) is 2. The number of imide groups is 1. The number of aromatic nitrogens is 2. The van der Waals surface area contributed by atoms with Crippen LogP contribution in [-0.4, -0.2) is 40.2 Å². The average Bonchev–Trinajstić information content (AvgIpc) is 2.88. The molecule has 0 aliphatic carbocycles. The summed E-state index contributed by atoms with van der Waals surface area (Å²) in [4.78, 5) is 23.0. The molecule has 0 bridgehead atoms. The SMILES string of the molecule is CCCSc1nnc(SCC(=O)NC(=O)NCC(C)C)s1. The van der Waals surface area contributed by atoms with Crippen LogP contribution in [0, 0.1) is 5.92 Å². The van der Waals surface area contributed by atoms with Gasteiger partial charge in [-0.1, -0.05) is 55.6 Å². The van der Waals surface area contributed by atoms with E-state index < -0.39 is 6.03 Å². The highest BCUT2D eigenvalue weighted by molar-refractivity contribution is 8.03. The van der Waals surface area contributed by atoms with Gasteiger partial charge in [0.15, 0.2) is 8.68 Å². The molecule has 21 heavy (non-hydrogen) atoms. The van der Waals surface area contributed by atoms with Crippen LogP contribution >= 0.6 is 34.9 Å². The zero-order valence-electron chi connectivity index (χ0n) is 12.3. The molecule has 0 aliphatic rings. The lowest BCUT2D eigenvalue weighted by atomic mass is 10.2. The molecule has 6 nitrogen and oxygen atoms in total. The van der Waals surface area contributed by atoms with Gasteiger partial charge in [-0.05, 0) is 12.3 Å². The first-order chi connectivity index (χ1) is 10.0. The van der Waals surface area contributed by atoms with E-state index in [2.05, 4.69) is 27.8 Å². The molecular weight excluding hydrogens is 328 g/mol. The number of hydrogen-bond donors (Lipinski definition) is 2. The zero-order valence-corrected chi connectivity index (χ0v) is 14.8. The van der Waals surface area contributed by atoms with Crippen molar-refractivity contribution in [3.63, 3.8) is 0 Å². The second kappa shape index (κ2) is 10.0. The molecule has 0 spiro atoms. The molecule has 9 heteroatoms. The molecule has 3 amide bonds. The van der Waals surface area contributed by atoms with Crippen LogP contribution in [0.5, 0.6) is 0 Å². The second-order valence-electron chi connectivity index (χ2n) is 4.62. The maximum absolute atomic E-state index is 11.6. The average molecular weight is 349 g/mol. The Morgan fingerprint density at radius 2 is 1.90 bits per heavy atom. The summed E-state index contributed by atoms with van der Waals surface area (Å²) >= 11 is 4.42. The second-order valence-corrected chi connectivity index (χ2v) is 8.17. The van der Waals surface area contributed by atoms with Gasteiger partial charge in [0.05, 0.1) is 5.75 Å². The Balaban J connectivity index is 2.26. The van der Waals surface area contributed by atoms with Crippen molar-refractivity contribution in [3.8, 4) is 0 Å². The third kappa shape index (κ3) is 8.27. The minimum atomic E-state index is -0.453. The number of urea groups is 1. The molecule has 0 unspecified atom stereocenters. The Morgan fingerprint density at radius 3 is 2.52 bits per heavy atom. The molecule has 2 N–H and O–H groups in total. The third-order valence-corrected chi connectivity index (χ3v) is 5.46. The number of thioether (sulfide) groups is 2. The lowest BCUT2D eigenvalue weighted by Crippen LogP contribution is -2.41. The molecule has 0 aromatic carbocycles. The maximum atomic E-state index is 11.6. The largest absolute Gasteiger partial charge is 0.338 e. The molecule has 0 atom stereocenters. The molecule has 0 radical (unpaired) electrons. The first-order valence-electron chi connectivity index (χ1n) is 6.68. The molecule has 1 aromatic heterocycles. The predicted octanol–water partition coefficient (Wildman–Crippen LogP) is 2.61. The van der Waals surface area contributed by atoms with Crippen LogP contribution in [-0.2, 0) is 4.79 Å². The van der Waals surface area contributed by atoms with Crippen LogP contribution in [0.1, 0.15) is 27.2 Å². The number of rotatable bonds is 8. The number of hydrogen-bond acceptors (Lipinski definition) is 7. The Hall–Kier alpha value is -0.800. The number of amides is 3. The molecule has 1 aromatic rings. The smallest absolute Gasteiger partial charge is 0.321 e. The van der Waals surface area contributed by atoms with Gasteiger partial charge >= 0.3 is 6.03 Å². The fourth-order valence-corrected chi connectivity index (χ4v) is 3.88. The Labute approximate surface area is 137 Å². The van der Waals surface area contributed by atoms with Gasteiger partial charge in [-0.15, -0.1) is 10.2 Å². The topological polar surface area (TPSA) is 84.0 Å². The van der Waals surface area contributed by atoms with Crippen molar-refractivity contribution in [3.05, 3.63) is 0 Å². The highest BCUT2D eigenvalue weighted by Gasteiger charge is 2.11. The van der Waals surface area contributed by atoms with E-state index in [9.17, 15) is 9.59 Å². The molecule has 118 valence electrons. The molecule has 0 saturated heterocycles. The van der Waals surface area contributed by atoms with Crippen LogP contribution in [0.25, 0.3) is 0 Å². The van der Waals surface area contributed by atoms with Crippen LogP contribution in [0.4, 0.5) is 4.79 Å². The molecule has 1 heterocycles. The summed E-state index contributed by atoms with van der Waals surface area (Å²) < 4.78 is 1.65. The van der Waals surface area contributed by atoms with Crippen molar-refractivity contribution in [2.45, 2.75) is 35.9 Å². The maximum Gasteiger partial charge on any atom is 0.321 e. The van der Waals surface area contributed by atoms with Gasteiger partial charge in [-0.3, -0.25) is 10.1 Å². The monoisotopic (exact) mass is 348 g/mol. The van der Waals surface area contributed by atoms with E-state index in [0.717, 1.165) is 20.9 Å². The standard InChI is InChI=1S/C12H20N4O2S3/c1-4-5-19-11-15-16-12(21-11)20-7-9(17)14-10(18)13-6-8(2)3/h8H,4-7H2,1-3H3,(H2,13,14,17,18). The summed E-state index contributed by atoms with van der Waals surface area (Å²) in [5.41, 5.74) is 0. The van der Waals surface area contributed by atoms with Crippen molar-refractivity contribution < 1.29 is 9.59 Å². The van der Waals surface area contributed by atoms with Gasteiger partial charge < -0.3 is 5.32 Å². The lowest BCUT2D eigenvalue weighted by Gasteiger charge is -2.07. The van der Waals surface area contributed by atoms with Crippen molar-refractivity contribution in [2.75, 3.05) is 18.1 Å². The van der Waals surface area contributed by atoms with Crippen LogP contribution < -0.4 is 10.6 Å². The van der Waals surface area contributed by atoms with E-state index in [1.54, 1.807) is 11.8 Å². The van der Waals surface area contributed by atoms with E-state index in [-0.39, 0.29) is 11.7 Å². The number of carbonyl (C=O) groups is 2. The number of nitrogens with zero attached hydrogens (tertiary/aromatic N) is 2. The van der Waals surface area contributed by atoms with E-state index in [4.69, 9.17) is 0 Å². The molecule has 0 fully saturated rings. The van der Waals surface area contributed by atoms with Crippen molar-refractivity contribution >= 4 is 46.8 Å². The van der Waals surface area contributed by atoms with Crippen molar-refractivity contribution in [1.82, 2.24) is 20.8 Å². The minimum absolute atomic E-state index is 0.155. The summed E-state index contributed by atoms with van der Waals surface area (Å²) in [6, 6.07) is -0.453. The minimum Gasteiger partial charge on any atom is -0.338 e. The van der Waals surface area contributed by atoms with E-state index in [0.29, 0.717) is 12.5 Å². The summed E-state index contributed by atoms with van der Waals surface area (Å²) in [7, 11) is 0.